The van der Waals surface area contributed by atoms with E-state index < -0.39 is 29.7 Å². The van der Waals surface area contributed by atoms with E-state index in [-0.39, 0.29) is 12.0 Å². The van der Waals surface area contributed by atoms with E-state index in [0.29, 0.717) is 12.3 Å². The van der Waals surface area contributed by atoms with Crippen LogP contribution in [-0.4, -0.2) is 23.0 Å². The normalized spacial score (nSPS) is 16.1. The van der Waals surface area contributed by atoms with Crippen molar-refractivity contribution in [2.24, 2.45) is 5.92 Å². The molecule has 0 heterocycles. The number of carbonyl (C=O) groups is 2. The third-order valence-corrected chi connectivity index (χ3v) is 3.52. The van der Waals surface area contributed by atoms with Crippen LogP contribution in [0.5, 0.6) is 0 Å². The zero-order valence-electron chi connectivity index (χ0n) is 11.7. The molecular weight excluding hydrogens is 299 g/mol. The average Bonchev–Trinajstić information content (AvgIpc) is 3.21. The maximum absolute atomic E-state index is 12.6. The van der Waals surface area contributed by atoms with Gasteiger partial charge in [0.05, 0.1) is 12.0 Å². The molecule has 2 N–H and O–H groups in total. The van der Waals surface area contributed by atoms with Crippen molar-refractivity contribution >= 4 is 11.9 Å². The Labute approximate surface area is 125 Å². The number of carbonyl (C=O) groups excluding carboxylic acids is 1. The molecule has 1 atom stereocenters. The smallest absolute Gasteiger partial charge is 0.416 e. The molecule has 0 spiro atoms. The molecule has 0 saturated heterocycles. The lowest BCUT2D eigenvalue weighted by molar-refractivity contribution is -0.142. The maximum atomic E-state index is 12.6. The van der Waals surface area contributed by atoms with Gasteiger partial charge in [0.15, 0.2) is 0 Å². The average molecular weight is 315 g/mol. The number of nitrogens with one attached hydrogen (secondary N) is 1. The van der Waals surface area contributed by atoms with Crippen LogP contribution in [0.15, 0.2) is 24.3 Å². The highest BCUT2D eigenvalue weighted by atomic mass is 19.4. The second-order valence-corrected chi connectivity index (χ2v) is 5.51. The molecule has 0 unspecified atom stereocenters. The third kappa shape index (κ3) is 4.75. The summed E-state index contributed by atoms with van der Waals surface area (Å²) in [5, 5.41) is 11.4. The van der Waals surface area contributed by atoms with Gasteiger partial charge in [0.2, 0.25) is 5.91 Å². The van der Waals surface area contributed by atoms with Crippen LogP contribution in [0.4, 0.5) is 13.2 Å². The van der Waals surface area contributed by atoms with Crippen molar-refractivity contribution in [2.75, 3.05) is 0 Å². The monoisotopic (exact) mass is 315 g/mol. The van der Waals surface area contributed by atoms with Crippen LogP contribution >= 0.6 is 0 Å². The van der Waals surface area contributed by atoms with E-state index in [9.17, 15) is 22.8 Å². The van der Waals surface area contributed by atoms with Gasteiger partial charge in [-0.3, -0.25) is 4.79 Å². The number of hydrogen-bond acceptors (Lipinski definition) is 2. The van der Waals surface area contributed by atoms with Crippen LogP contribution < -0.4 is 5.32 Å². The third-order valence-electron chi connectivity index (χ3n) is 3.52. The van der Waals surface area contributed by atoms with Crippen molar-refractivity contribution in [3.63, 3.8) is 0 Å². The number of amides is 1. The Morgan fingerprint density at radius 2 is 2.00 bits per heavy atom. The molecular formula is C15H16F3NO3. The number of benzene rings is 1. The molecule has 0 bridgehead atoms. The summed E-state index contributed by atoms with van der Waals surface area (Å²) >= 11 is 0. The van der Waals surface area contributed by atoms with E-state index in [0.717, 1.165) is 25.0 Å². The number of aliphatic carboxylic acids is 1. The summed E-state index contributed by atoms with van der Waals surface area (Å²) < 4.78 is 37.8. The minimum Gasteiger partial charge on any atom is -0.480 e. The predicted octanol–water partition coefficient (Wildman–Crippen LogP) is 2.62. The van der Waals surface area contributed by atoms with Crippen LogP contribution in [-0.2, 0) is 22.2 Å². The number of alkyl halides is 3. The molecule has 0 radical (unpaired) electrons. The van der Waals surface area contributed by atoms with Crippen LogP contribution in [0.25, 0.3) is 0 Å². The van der Waals surface area contributed by atoms with Crippen LogP contribution in [0.2, 0.25) is 0 Å². The standard InChI is InChI=1S/C15H16F3NO3/c16-15(17,18)11-3-1-2-10(6-11)8-13(20)19-12(14(21)22)7-9-4-5-9/h1-3,6,9,12H,4-5,7-8H2,(H,19,20)(H,21,22)/t12-/m1/s1. The fourth-order valence-electron chi connectivity index (χ4n) is 2.20. The summed E-state index contributed by atoms with van der Waals surface area (Å²) in [4.78, 5) is 22.9. The fourth-order valence-corrected chi connectivity index (χ4v) is 2.20. The van der Waals surface area contributed by atoms with Crippen molar-refractivity contribution < 1.29 is 27.9 Å². The second kappa shape index (κ2) is 6.37. The van der Waals surface area contributed by atoms with Gasteiger partial charge >= 0.3 is 12.1 Å². The number of hydrogen-bond donors (Lipinski definition) is 2. The van der Waals surface area contributed by atoms with Crippen molar-refractivity contribution in [3.8, 4) is 0 Å². The van der Waals surface area contributed by atoms with Crippen LogP contribution in [0.3, 0.4) is 0 Å². The minimum absolute atomic E-state index is 0.197. The van der Waals surface area contributed by atoms with Crippen LogP contribution in [0.1, 0.15) is 30.4 Å². The lowest BCUT2D eigenvalue weighted by atomic mass is 10.1. The van der Waals surface area contributed by atoms with Crippen molar-refractivity contribution in [1.82, 2.24) is 5.32 Å². The lowest BCUT2D eigenvalue weighted by Gasteiger charge is -2.14. The Morgan fingerprint density at radius 1 is 1.32 bits per heavy atom. The molecule has 7 heteroatoms. The van der Waals surface area contributed by atoms with Crippen molar-refractivity contribution in [3.05, 3.63) is 35.4 Å². The summed E-state index contributed by atoms with van der Waals surface area (Å²) in [5.41, 5.74) is -0.631. The molecule has 2 rings (SSSR count). The molecule has 1 saturated carbocycles. The minimum atomic E-state index is -4.47. The molecule has 0 aliphatic heterocycles. The molecule has 1 aliphatic carbocycles. The molecule has 1 aliphatic rings. The van der Waals surface area contributed by atoms with E-state index in [2.05, 4.69) is 5.32 Å². The highest BCUT2D eigenvalue weighted by Crippen LogP contribution is 2.33. The number of rotatable bonds is 6. The van der Waals surface area contributed by atoms with E-state index in [1.54, 1.807) is 0 Å². The first-order chi connectivity index (χ1) is 10.3. The highest BCUT2D eigenvalue weighted by Gasteiger charge is 2.31. The summed E-state index contributed by atoms with van der Waals surface area (Å²) in [6.07, 6.45) is -2.48. The Morgan fingerprint density at radius 3 is 2.55 bits per heavy atom. The quantitative estimate of drug-likeness (QED) is 0.848. The summed E-state index contributed by atoms with van der Waals surface area (Å²) in [7, 11) is 0. The van der Waals surface area contributed by atoms with Gasteiger partial charge in [-0.05, 0) is 24.0 Å². The zero-order valence-corrected chi connectivity index (χ0v) is 11.7. The van der Waals surface area contributed by atoms with E-state index in [1.165, 1.54) is 12.1 Å². The molecule has 1 aromatic carbocycles. The van der Waals surface area contributed by atoms with Crippen molar-refractivity contribution in [1.29, 1.82) is 0 Å². The van der Waals surface area contributed by atoms with Gasteiger partial charge < -0.3 is 10.4 Å². The summed E-state index contributed by atoms with van der Waals surface area (Å²) in [5.74, 6) is -1.40. The molecule has 1 aromatic rings. The topological polar surface area (TPSA) is 66.4 Å². The first-order valence-electron chi connectivity index (χ1n) is 6.94. The van der Waals surface area contributed by atoms with Gasteiger partial charge in [-0.1, -0.05) is 31.0 Å². The Hall–Kier alpha value is -2.05. The number of carboxylic acid groups (broad SMARTS) is 1. The van der Waals surface area contributed by atoms with Gasteiger partial charge in [-0.25, -0.2) is 4.79 Å². The van der Waals surface area contributed by atoms with Gasteiger partial charge in [-0.2, -0.15) is 13.2 Å². The molecule has 0 aromatic heterocycles. The summed E-state index contributed by atoms with van der Waals surface area (Å²) in [6, 6.07) is 3.48. The zero-order chi connectivity index (χ0) is 16.3. The Kier molecular flexibility index (Phi) is 4.73. The Bertz CT molecular complexity index is 567. The number of carboxylic acids is 1. The molecule has 4 nitrogen and oxygen atoms in total. The predicted molar refractivity (Wildman–Crippen MR) is 72.1 cm³/mol. The second-order valence-electron chi connectivity index (χ2n) is 5.51. The van der Waals surface area contributed by atoms with Crippen molar-refractivity contribution in [2.45, 2.75) is 37.9 Å². The Balaban J connectivity index is 1.97. The SMILES string of the molecule is O=C(Cc1cccc(C(F)(F)F)c1)N[C@H](CC1CC1)C(=O)O. The molecule has 1 amide bonds. The van der Waals surface area contributed by atoms with Gasteiger partial charge in [0.25, 0.3) is 0 Å². The number of halogens is 3. The van der Waals surface area contributed by atoms with Crippen LogP contribution in [0, 0.1) is 5.92 Å². The van der Waals surface area contributed by atoms with Gasteiger partial charge in [0.1, 0.15) is 6.04 Å². The lowest BCUT2D eigenvalue weighted by Crippen LogP contribution is -2.41. The molecule has 1 fully saturated rings. The molecule has 22 heavy (non-hydrogen) atoms. The highest BCUT2D eigenvalue weighted by molar-refractivity contribution is 5.84. The fraction of sp³-hybridized carbons (Fsp3) is 0.467. The largest absolute Gasteiger partial charge is 0.480 e. The maximum Gasteiger partial charge on any atom is 0.416 e. The first kappa shape index (κ1) is 16.3. The van der Waals surface area contributed by atoms with E-state index in [1.807, 2.05) is 0 Å². The van der Waals surface area contributed by atoms with Gasteiger partial charge in [-0.15, -0.1) is 0 Å². The van der Waals surface area contributed by atoms with Gasteiger partial charge in [0, 0.05) is 0 Å². The molecule has 120 valence electrons. The van der Waals surface area contributed by atoms with E-state index >= 15 is 0 Å². The first-order valence-corrected chi connectivity index (χ1v) is 6.94. The van der Waals surface area contributed by atoms with E-state index in [4.69, 9.17) is 5.11 Å². The summed E-state index contributed by atoms with van der Waals surface area (Å²) in [6.45, 7) is 0.